The van der Waals surface area contributed by atoms with Crippen LogP contribution in [0.2, 0.25) is 0 Å². The molecule has 0 aromatic rings. The highest BCUT2D eigenvalue weighted by atomic mass is 35.5. The molecule has 45 valence electrons. The molecule has 0 spiro atoms. The molecule has 0 saturated carbocycles. The van der Waals surface area contributed by atoms with E-state index in [0.717, 1.165) is 0 Å². The van der Waals surface area contributed by atoms with E-state index in [9.17, 15) is 0 Å². The molecule has 2 heteroatoms. The van der Waals surface area contributed by atoms with Crippen molar-refractivity contribution in [2.24, 2.45) is 0 Å². The predicted molar refractivity (Wildman–Crippen MR) is 39.9 cm³/mol. The first-order chi connectivity index (χ1) is 2.91. The maximum Gasteiger partial charge on any atom is -0.0290 e. The van der Waals surface area contributed by atoms with Crippen LogP contribution in [0.15, 0.2) is 0 Å². The second-order valence-electron chi connectivity index (χ2n) is 1.26. The highest BCUT2D eigenvalue weighted by Gasteiger charge is 1.75. The van der Waals surface area contributed by atoms with Gasteiger partial charge in [0.2, 0.25) is 0 Å². The summed E-state index contributed by atoms with van der Waals surface area (Å²) in [6.45, 7) is 4.44. The lowest BCUT2D eigenvalue weighted by atomic mass is 10.6. The Labute approximate surface area is 54.3 Å². The Morgan fingerprint density at radius 2 is 1.86 bits per heavy atom. The summed E-state index contributed by atoms with van der Waals surface area (Å²) >= 11 is 0. The van der Waals surface area contributed by atoms with E-state index in [1.165, 1.54) is 18.7 Å². The second-order valence-corrected chi connectivity index (χ2v) is 2.79. The van der Waals surface area contributed by atoms with Crippen molar-refractivity contribution in [3.8, 4) is 0 Å². The molecule has 0 aliphatic rings. The fourth-order valence-electron chi connectivity index (χ4n) is 0.316. The van der Waals surface area contributed by atoms with Gasteiger partial charge in [-0.3, -0.25) is 0 Å². The van der Waals surface area contributed by atoms with Crippen molar-refractivity contribution in [2.45, 2.75) is 20.3 Å². The molecule has 0 aliphatic heterocycles. The average molecular weight is 140 g/mol. The molecule has 0 aliphatic carbocycles. The highest BCUT2D eigenvalue weighted by molar-refractivity contribution is 7.37. The Hall–Kier alpha value is 0.720. The molecule has 0 bridgehead atoms. The zero-order chi connectivity index (χ0) is 4.83. The van der Waals surface area contributed by atoms with Gasteiger partial charge in [-0.25, -0.2) is 0 Å². The fraction of sp³-hybridized carbons (Fsp3) is 1.00. The molecular weight excluding hydrogens is 126 g/mol. The first kappa shape index (κ1) is 10.7. The summed E-state index contributed by atoms with van der Waals surface area (Å²) in [4.78, 5) is 0. The van der Waals surface area contributed by atoms with E-state index in [-0.39, 0.29) is 12.4 Å². The summed E-state index contributed by atoms with van der Waals surface area (Å²) < 4.78 is 0. The number of hydrogen-bond donors (Lipinski definition) is 0. The monoisotopic (exact) mass is 139 g/mol. The van der Waals surface area contributed by atoms with Crippen molar-refractivity contribution >= 4 is 21.0 Å². The van der Waals surface area contributed by atoms with Gasteiger partial charge in [-0.2, -0.15) is 0 Å². The molecule has 0 aromatic heterocycles. The minimum Gasteiger partial charge on any atom is -0.147 e. The summed E-state index contributed by atoms with van der Waals surface area (Å²) in [6.07, 6.45) is 4.06. The fourth-order valence-corrected chi connectivity index (χ4v) is 0.949. The molecule has 7 heavy (non-hydrogen) atoms. The van der Waals surface area contributed by atoms with Crippen LogP contribution >= 0.6 is 21.0 Å². The van der Waals surface area contributed by atoms with Crippen LogP contribution in [0.3, 0.4) is 0 Å². The Morgan fingerprint density at radius 1 is 1.29 bits per heavy atom. The molecule has 0 rings (SSSR count). The lowest BCUT2D eigenvalue weighted by molar-refractivity contribution is 1.10. The van der Waals surface area contributed by atoms with Crippen molar-refractivity contribution in [3.63, 3.8) is 0 Å². The van der Waals surface area contributed by atoms with E-state index in [2.05, 4.69) is 13.8 Å². The minimum absolute atomic E-state index is 0. The third kappa shape index (κ3) is 10.8. The first-order valence-corrected chi connectivity index (χ1v) is 3.81. The Kier molecular flexibility index (Phi) is 15.0. The van der Waals surface area contributed by atoms with Gasteiger partial charge in [0.1, 0.15) is 0 Å². The molecule has 1 radical (unpaired) electrons. The van der Waals surface area contributed by atoms with E-state index in [4.69, 9.17) is 0 Å². The summed E-state index contributed by atoms with van der Waals surface area (Å²) in [5.41, 5.74) is 0. The van der Waals surface area contributed by atoms with Gasteiger partial charge < -0.3 is 0 Å². The van der Waals surface area contributed by atoms with Gasteiger partial charge in [0.25, 0.3) is 0 Å². The standard InChI is InChI=1S/C5H12P.ClH/c1-3-5-6-4-2;/h3-5H2,1-2H3;1H. The van der Waals surface area contributed by atoms with Gasteiger partial charge in [0.15, 0.2) is 0 Å². The van der Waals surface area contributed by atoms with E-state index in [1.54, 1.807) is 8.58 Å². The third-order valence-corrected chi connectivity index (χ3v) is 1.82. The Morgan fingerprint density at radius 3 is 2.00 bits per heavy atom. The zero-order valence-corrected chi connectivity index (χ0v) is 6.69. The molecular formula is C5H13ClP. The van der Waals surface area contributed by atoms with Crippen LogP contribution in [-0.4, -0.2) is 12.3 Å². The van der Waals surface area contributed by atoms with Crippen LogP contribution in [0.1, 0.15) is 20.3 Å². The van der Waals surface area contributed by atoms with Crippen molar-refractivity contribution in [2.75, 3.05) is 12.3 Å². The van der Waals surface area contributed by atoms with Crippen LogP contribution in [0.4, 0.5) is 0 Å². The van der Waals surface area contributed by atoms with Gasteiger partial charge >= 0.3 is 0 Å². The summed E-state index contributed by atoms with van der Waals surface area (Å²) in [7, 11) is 1.61. The third-order valence-electron chi connectivity index (χ3n) is 0.605. The van der Waals surface area contributed by atoms with E-state index in [0.29, 0.717) is 0 Å². The van der Waals surface area contributed by atoms with Gasteiger partial charge in [-0.05, 0) is 12.3 Å². The number of hydrogen-bond acceptors (Lipinski definition) is 0. The predicted octanol–water partition coefficient (Wildman–Crippen LogP) is 2.78. The molecule has 0 amide bonds. The quantitative estimate of drug-likeness (QED) is 0.417. The van der Waals surface area contributed by atoms with Crippen LogP contribution in [-0.2, 0) is 0 Å². The average Bonchev–Trinajstić information content (AvgIpc) is 1.61. The minimum atomic E-state index is 0. The van der Waals surface area contributed by atoms with Crippen LogP contribution in [0, 0.1) is 0 Å². The molecule has 0 atom stereocenters. The maximum absolute atomic E-state index is 2.22. The van der Waals surface area contributed by atoms with Crippen LogP contribution in [0.5, 0.6) is 0 Å². The molecule has 0 heterocycles. The smallest absolute Gasteiger partial charge is 0.0290 e. The lowest BCUT2D eigenvalue weighted by Gasteiger charge is -1.85. The van der Waals surface area contributed by atoms with Crippen molar-refractivity contribution in [3.05, 3.63) is 0 Å². The Balaban J connectivity index is 0. The first-order valence-electron chi connectivity index (χ1n) is 2.55. The summed E-state index contributed by atoms with van der Waals surface area (Å²) in [6, 6.07) is 0. The molecule has 0 N–H and O–H groups in total. The van der Waals surface area contributed by atoms with E-state index >= 15 is 0 Å². The molecule has 0 nitrogen and oxygen atoms in total. The summed E-state index contributed by atoms with van der Waals surface area (Å²) in [5.74, 6) is 0. The van der Waals surface area contributed by atoms with Gasteiger partial charge in [0.05, 0.1) is 0 Å². The zero-order valence-electron chi connectivity index (χ0n) is 4.98. The van der Waals surface area contributed by atoms with Gasteiger partial charge in [-0.15, -0.1) is 12.4 Å². The van der Waals surface area contributed by atoms with E-state index < -0.39 is 0 Å². The number of rotatable bonds is 3. The van der Waals surface area contributed by atoms with Gasteiger partial charge in [0, 0.05) is 0 Å². The van der Waals surface area contributed by atoms with E-state index in [1.807, 2.05) is 0 Å². The van der Waals surface area contributed by atoms with Crippen LogP contribution in [0.25, 0.3) is 0 Å². The van der Waals surface area contributed by atoms with Crippen molar-refractivity contribution in [1.82, 2.24) is 0 Å². The molecule has 0 fully saturated rings. The molecule has 0 saturated heterocycles. The normalized spacial score (nSPS) is 9.43. The maximum atomic E-state index is 2.22. The van der Waals surface area contributed by atoms with Gasteiger partial charge in [-0.1, -0.05) is 28.8 Å². The SMILES string of the molecule is CCC[P]CC.Cl. The molecule has 0 aromatic carbocycles. The Bertz CT molecular complexity index is 20.0. The highest BCUT2D eigenvalue weighted by Crippen LogP contribution is 2.07. The lowest BCUT2D eigenvalue weighted by Crippen LogP contribution is -1.68. The van der Waals surface area contributed by atoms with Crippen LogP contribution < -0.4 is 0 Å². The second kappa shape index (κ2) is 9.87. The molecule has 0 unspecified atom stereocenters. The summed E-state index contributed by atoms with van der Waals surface area (Å²) in [5, 5.41) is 0. The van der Waals surface area contributed by atoms with Crippen molar-refractivity contribution in [1.29, 1.82) is 0 Å². The number of halogens is 1. The van der Waals surface area contributed by atoms with Crippen molar-refractivity contribution < 1.29 is 0 Å². The largest absolute Gasteiger partial charge is 0.147 e. The topological polar surface area (TPSA) is 0 Å².